The first kappa shape index (κ1) is 33.9. The molecule has 0 saturated heterocycles. The molecule has 0 amide bonds. The molecule has 5 heteroatoms. The standard InChI is InChI=1S/C54H35N3OS/c1-54(2)44-22-8-6-17-38(44)43-30-35(26-28-45(43)54)51-55-52(57-53(56-51)42-21-11-20-40-39-18-7-9-24-48(39)59-50(40)42)36-25-27-41-47(31-36)58-46-23-12-19-37(49(41)46)34-16-10-15-33(29-34)32-13-4-3-5-14-32/h3-31H,1-2H3. The van der Waals surface area contributed by atoms with E-state index in [1.807, 2.05) is 0 Å². The summed E-state index contributed by atoms with van der Waals surface area (Å²) in [5.41, 5.74) is 14.1. The Morgan fingerprint density at radius 3 is 1.95 bits per heavy atom. The zero-order valence-corrected chi connectivity index (χ0v) is 33.2. The van der Waals surface area contributed by atoms with E-state index < -0.39 is 0 Å². The van der Waals surface area contributed by atoms with Crippen LogP contribution in [0, 0.1) is 0 Å². The molecule has 12 rings (SSSR count). The minimum atomic E-state index is -0.0940. The van der Waals surface area contributed by atoms with E-state index in [0.29, 0.717) is 17.5 Å². The number of hydrogen-bond acceptors (Lipinski definition) is 5. The molecule has 278 valence electrons. The van der Waals surface area contributed by atoms with Gasteiger partial charge in [-0.05, 0) is 87.0 Å². The Labute approximate surface area is 345 Å². The summed E-state index contributed by atoms with van der Waals surface area (Å²) >= 11 is 1.78. The monoisotopic (exact) mass is 773 g/mol. The fourth-order valence-electron chi connectivity index (χ4n) is 9.24. The van der Waals surface area contributed by atoms with Crippen molar-refractivity contribution in [3.8, 4) is 67.5 Å². The highest BCUT2D eigenvalue weighted by Gasteiger charge is 2.35. The van der Waals surface area contributed by atoms with E-state index in [9.17, 15) is 0 Å². The quantitative estimate of drug-likeness (QED) is 0.175. The van der Waals surface area contributed by atoms with Crippen LogP contribution in [-0.2, 0) is 5.41 Å². The molecule has 4 nitrogen and oxygen atoms in total. The van der Waals surface area contributed by atoms with Crippen molar-refractivity contribution in [1.82, 2.24) is 15.0 Å². The first-order valence-electron chi connectivity index (χ1n) is 20.0. The number of aromatic nitrogens is 3. The largest absolute Gasteiger partial charge is 0.456 e. The summed E-state index contributed by atoms with van der Waals surface area (Å²) in [4.78, 5) is 15.8. The average molecular weight is 774 g/mol. The fraction of sp³-hybridized carbons (Fsp3) is 0.0556. The van der Waals surface area contributed by atoms with Crippen molar-refractivity contribution < 1.29 is 4.42 Å². The van der Waals surface area contributed by atoms with E-state index in [1.54, 1.807) is 11.3 Å². The van der Waals surface area contributed by atoms with E-state index in [0.717, 1.165) is 54.5 Å². The van der Waals surface area contributed by atoms with Crippen LogP contribution in [0.2, 0.25) is 0 Å². The van der Waals surface area contributed by atoms with Gasteiger partial charge in [0.1, 0.15) is 11.2 Å². The predicted octanol–water partition coefficient (Wildman–Crippen LogP) is 14.8. The molecule has 3 heterocycles. The molecule has 59 heavy (non-hydrogen) atoms. The molecule has 0 unspecified atom stereocenters. The summed E-state index contributed by atoms with van der Waals surface area (Å²) in [5.74, 6) is 1.88. The Hall–Kier alpha value is -7.21. The summed E-state index contributed by atoms with van der Waals surface area (Å²) in [5, 5.41) is 4.59. The molecule has 0 bridgehead atoms. The molecule has 0 spiro atoms. The highest BCUT2D eigenvalue weighted by molar-refractivity contribution is 7.26. The topological polar surface area (TPSA) is 51.8 Å². The molecule has 1 aliphatic rings. The Balaban J connectivity index is 1.04. The van der Waals surface area contributed by atoms with Gasteiger partial charge in [-0.3, -0.25) is 0 Å². The van der Waals surface area contributed by atoms with Gasteiger partial charge in [0.25, 0.3) is 0 Å². The summed E-state index contributed by atoms with van der Waals surface area (Å²) in [6, 6.07) is 62.4. The number of benzene rings is 8. The van der Waals surface area contributed by atoms with Gasteiger partial charge in [0, 0.05) is 53.1 Å². The number of hydrogen-bond donors (Lipinski definition) is 0. The highest BCUT2D eigenvalue weighted by Crippen LogP contribution is 2.50. The van der Waals surface area contributed by atoms with E-state index in [1.165, 1.54) is 48.9 Å². The predicted molar refractivity (Wildman–Crippen MR) is 245 cm³/mol. The summed E-state index contributed by atoms with van der Waals surface area (Å²) in [6.45, 7) is 4.61. The molecule has 11 aromatic rings. The zero-order valence-electron chi connectivity index (χ0n) is 32.4. The minimum Gasteiger partial charge on any atom is -0.456 e. The van der Waals surface area contributed by atoms with E-state index in [4.69, 9.17) is 19.4 Å². The second kappa shape index (κ2) is 12.9. The maximum atomic E-state index is 6.65. The molecule has 1 aliphatic carbocycles. The van der Waals surface area contributed by atoms with Crippen molar-refractivity contribution in [2.24, 2.45) is 0 Å². The van der Waals surface area contributed by atoms with Gasteiger partial charge >= 0.3 is 0 Å². The second-order valence-electron chi connectivity index (χ2n) is 16.0. The lowest BCUT2D eigenvalue weighted by molar-refractivity contribution is 0.660. The zero-order chi connectivity index (χ0) is 39.2. The summed E-state index contributed by atoms with van der Waals surface area (Å²) in [7, 11) is 0. The number of fused-ring (bicyclic) bond motifs is 9. The number of nitrogens with zero attached hydrogens (tertiary/aromatic N) is 3. The Morgan fingerprint density at radius 2 is 1.05 bits per heavy atom. The molecule has 3 aromatic heterocycles. The van der Waals surface area contributed by atoms with Crippen molar-refractivity contribution in [2.75, 3.05) is 0 Å². The van der Waals surface area contributed by atoms with Crippen LogP contribution in [0.15, 0.2) is 180 Å². The SMILES string of the molecule is CC1(C)c2ccccc2-c2cc(-c3nc(-c4ccc5c(c4)oc4cccc(-c6cccc(-c7ccccc7)c6)c45)nc(-c4cccc5c4sc4ccccc45)n3)ccc21. The minimum absolute atomic E-state index is 0.0940. The van der Waals surface area contributed by atoms with E-state index in [-0.39, 0.29) is 5.41 Å². The average Bonchev–Trinajstić information content (AvgIpc) is 3.94. The number of furan rings is 1. The van der Waals surface area contributed by atoms with Gasteiger partial charge in [-0.15, -0.1) is 11.3 Å². The number of thiophene rings is 1. The van der Waals surface area contributed by atoms with E-state index >= 15 is 0 Å². The normalized spacial score (nSPS) is 13.1. The van der Waals surface area contributed by atoms with Crippen LogP contribution in [0.3, 0.4) is 0 Å². The summed E-state index contributed by atoms with van der Waals surface area (Å²) < 4.78 is 9.05. The van der Waals surface area contributed by atoms with Crippen molar-refractivity contribution in [3.63, 3.8) is 0 Å². The van der Waals surface area contributed by atoms with Crippen molar-refractivity contribution in [1.29, 1.82) is 0 Å². The van der Waals surface area contributed by atoms with Crippen LogP contribution in [0.25, 0.3) is 110 Å². The van der Waals surface area contributed by atoms with Gasteiger partial charge in [0.05, 0.1) is 0 Å². The third kappa shape index (κ3) is 5.32. The molecule has 0 atom stereocenters. The first-order chi connectivity index (χ1) is 29.0. The molecule has 0 saturated carbocycles. The first-order valence-corrected chi connectivity index (χ1v) is 20.8. The van der Waals surface area contributed by atoms with Gasteiger partial charge < -0.3 is 4.42 Å². The van der Waals surface area contributed by atoms with Gasteiger partial charge in [0.2, 0.25) is 0 Å². The third-order valence-corrected chi connectivity index (χ3v) is 13.4. The lowest BCUT2D eigenvalue weighted by Gasteiger charge is -2.21. The van der Waals surface area contributed by atoms with Crippen LogP contribution in [0.5, 0.6) is 0 Å². The Kier molecular flexibility index (Phi) is 7.41. The maximum Gasteiger partial charge on any atom is 0.165 e. The molecule has 0 N–H and O–H groups in total. The fourth-order valence-corrected chi connectivity index (χ4v) is 10.5. The van der Waals surface area contributed by atoms with Gasteiger partial charge in [0.15, 0.2) is 17.5 Å². The van der Waals surface area contributed by atoms with Crippen LogP contribution >= 0.6 is 11.3 Å². The molecule has 8 aromatic carbocycles. The van der Waals surface area contributed by atoms with Crippen molar-refractivity contribution >= 4 is 53.4 Å². The maximum absolute atomic E-state index is 6.65. The number of rotatable bonds is 5. The Bertz CT molecular complexity index is 3490. The van der Waals surface area contributed by atoms with Gasteiger partial charge in [-0.25, -0.2) is 15.0 Å². The summed E-state index contributed by atoms with van der Waals surface area (Å²) in [6.07, 6.45) is 0. The third-order valence-electron chi connectivity index (χ3n) is 12.2. The molecular weight excluding hydrogens is 739 g/mol. The molecule has 0 radical (unpaired) electrons. The Morgan fingerprint density at radius 1 is 0.407 bits per heavy atom. The van der Waals surface area contributed by atoms with Crippen LogP contribution in [0.4, 0.5) is 0 Å². The van der Waals surface area contributed by atoms with Crippen LogP contribution in [0.1, 0.15) is 25.0 Å². The van der Waals surface area contributed by atoms with E-state index in [2.05, 4.69) is 190 Å². The lowest BCUT2D eigenvalue weighted by Crippen LogP contribution is -2.14. The van der Waals surface area contributed by atoms with Gasteiger partial charge in [-0.1, -0.05) is 147 Å². The van der Waals surface area contributed by atoms with Crippen molar-refractivity contribution in [2.45, 2.75) is 19.3 Å². The molecular formula is C54H35N3OS. The van der Waals surface area contributed by atoms with Crippen molar-refractivity contribution in [3.05, 3.63) is 187 Å². The smallest absolute Gasteiger partial charge is 0.165 e. The van der Waals surface area contributed by atoms with Crippen LogP contribution < -0.4 is 0 Å². The van der Waals surface area contributed by atoms with Gasteiger partial charge in [-0.2, -0.15) is 0 Å². The highest BCUT2D eigenvalue weighted by atomic mass is 32.1. The molecule has 0 aliphatic heterocycles. The van der Waals surface area contributed by atoms with Crippen LogP contribution in [-0.4, -0.2) is 15.0 Å². The lowest BCUT2D eigenvalue weighted by atomic mass is 9.82. The second-order valence-corrected chi connectivity index (χ2v) is 17.0. The molecule has 0 fully saturated rings.